The van der Waals surface area contributed by atoms with Crippen molar-refractivity contribution in [1.29, 1.82) is 0 Å². The molecule has 0 saturated carbocycles. The van der Waals surface area contributed by atoms with Gasteiger partial charge in [0.1, 0.15) is 5.82 Å². The largest absolute Gasteiger partial charge is 0.396 e. The second kappa shape index (κ2) is 5.71. The maximum atomic E-state index is 9.08. The Morgan fingerprint density at radius 2 is 2.28 bits per heavy atom. The highest BCUT2D eigenvalue weighted by atomic mass is 16.3. The minimum Gasteiger partial charge on any atom is -0.396 e. The Morgan fingerprint density at radius 1 is 1.50 bits per heavy atom. The van der Waals surface area contributed by atoms with Gasteiger partial charge < -0.3 is 15.7 Å². The molecule has 0 aromatic carbocycles. The van der Waals surface area contributed by atoms with E-state index in [-0.39, 0.29) is 6.61 Å². The second-order valence-electron chi connectivity index (χ2n) is 5.18. The summed E-state index contributed by atoms with van der Waals surface area (Å²) >= 11 is 0. The van der Waals surface area contributed by atoms with Crippen molar-refractivity contribution >= 4 is 5.82 Å². The van der Waals surface area contributed by atoms with Crippen LogP contribution in [0.5, 0.6) is 0 Å². The van der Waals surface area contributed by atoms with Crippen molar-refractivity contribution in [2.45, 2.75) is 32.7 Å². The molecule has 5 heteroatoms. The maximum Gasteiger partial charge on any atom is 0.131 e. The predicted molar refractivity (Wildman–Crippen MR) is 72.5 cm³/mol. The molecule has 1 aliphatic rings. The fraction of sp³-hybridized carbons (Fsp3) is 0.769. The first kappa shape index (κ1) is 13.4. The Morgan fingerprint density at radius 3 is 2.94 bits per heavy atom. The van der Waals surface area contributed by atoms with Gasteiger partial charge in [0.2, 0.25) is 0 Å². The molecular formula is C13H24N4O. The van der Waals surface area contributed by atoms with Crippen LogP contribution in [0.4, 0.5) is 5.82 Å². The van der Waals surface area contributed by atoms with E-state index in [1.54, 1.807) is 0 Å². The van der Waals surface area contributed by atoms with E-state index in [1.807, 2.05) is 18.7 Å². The van der Waals surface area contributed by atoms with Crippen molar-refractivity contribution in [2.75, 3.05) is 24.6 Å². The van der Waals surface area contributed by atoms with Crippen molar-refractivity contribution in [3.63, 3.8) is 0 Å². The molecule has 1 saturated heterocycles. The third kappa shape index (κ3) is 2.52. The lowest BCUT2D eigenvalue weighted by Gasteiger charge is -2.34. The molecule has 1 unspecified atom stereocenters. The average Bonchev–Trinajstić information content (AvgIpc) is 2.64. The highest BCUT2D eigenvalue weighted by molar-refractivity contribution is 5.50. The number of aryl methyl sites for hydroxylation is 2. The SMILES string of the molecule is Cc1nn(C)c(N2CCCC(CCO)C2)c1CN. The summed E-state index contributed by atoms with van der Waals surface area (Å²) in [5, 5.41) is 13.6. The smallest absolute Gasteiger partial charge is 0.131 e. The molecule has 1 aromatic heterocycles. The zero-order valence-corrected chi connectivity index (χ0v) is 11.4. The summed E-state index contributed by atoms with van der Waals surface area (Å²) < 4.78 is 1.94. The number of nitrogens with two attached hydrogens (primary N) is 1. The summed E-state index contributed by atoms with van der Waals surface area (Å²) in [6.07, 6.45) is 3.29. The van der Waals surface area contributed by atoms with E-state index in [2.05, 4.69) is 10.00 Å². The Balaban J connectivity index is 2.20. The van der Waals surface area contributed by atoms with Gasteiger partial charge in [-0.25, -0.2) is 0 Å². The molecule has 1 aliphatic heterocycles. The van der Waals surface area contributed by atoms with E-state index in [9.17, 15) is 0 Å². The van der Waals surface area contributed by atoms with Crippen molar-refractivity contribution in [3.8, 4) is 0 Å². The topological polar surface area (TPSA) is 67.3 Å². The second-order valence-corrected chi connectivity index (χ2v) is 5.18. The monoisotopic (exact) mass is 252 g/mol. The van der Waals surface area contributed by atoms with Gasteiger partial charge in [-0.05, 0) is 32.1 Å². The zero-order chi connectivity index (χ0) is 13.1. The first-order chi connectivity index (χ1) is 8.67. The molecule has 102 valence electrons. The fourth-order valence-corrected chi connectivity index (χ4v) is 3.00. The van der Waals surface area contributed by atoms with Crippen LogP contribution >= 0.6 is 0 Å². The molecule has 0 radical (unpaired) electrons. The number of aliphatic hydroxyl groups excluding tert-OH is 1. The number of piperidine rings is 1. The minimum atomic E-state index is 0.284. The van der Waals surface area contributed by atoms with Crippen molar-refractivity contribution < 1.29 is 5.11 Å². The summed E-state index contributed by atoms with van der Waals surface area (Å²) in [5.74, 6) is 1.75. The lowest BCUT2D eigenvalue weighted by Crippen LogP contribution is -2.37. The number of hydrogen-bond donors (Lipinski definition) is 2. The van der Waals surface area contributed by atoms with Gasteiger partial charge >= 0.3 is 0 Å². The summed E-state index contributed by atoms with van der Waals surface area (Å²) in [6.45, 7) is 4.91. The van der Waals surface area contributed by atoms with Crippen LogP contribution in [0.2, 0.25) is 0 Å². The van der Waals surface area contributed by atoms with Crippen LogP contribution in [0.3, 0.4) is 0 Å². The summed E-state index contributed by atoms with van der Waals surface area (Å²) in [4.78, 5) is 2.38. The van der Waals surface area contributed by atoms with E-state index in [0.29, 0.717) is 12.5 Å². The predicted octanol–water partition coefficient (Wildman–Crippen LogP) is 0.786. The third-order valence-corrected chi connectivity index (χ3v) is 3.87. The van der Waals surface area contributed by atoms with E-state index < -0.39 is 0 Å². The highest BCUT2D eigenvalue weighted by Gasteiger charge is 2.24. The molecule has 0 amide bonds. The average molecular weight is 252 g/mol. The number of aromatic nitrogens is 2. The summed E-state index contributed by atoms with van der Waals surface area (Å²) in [6, 6.07) is 0. The van der Waals surface area contributed by atoms with E-state index in [0.717, 1.165) is 36.6 Å². The maximum absolute atomic E-state index is 9.08. The van der Waals surface area contributed by atoms with Crippen LogP contribution < -0.4 is 10.6 Å². The Kier molecular flexibility index (Phi) is 4.24. The molecule has 18 heavy (non-hydrogen) atoms. The fourth-order valence-electron chi connectivity index (χ4n) is 3.00. The molecule has 0 aliphatic carbocycles. The molecule has 1 fully saturated rings. The van der Waals surface area contributed by atoms with Gasteiger partial charge in [-0.2, -0.15) is 5.10 Å². The first-order valence-electron chi connectivity index (χ1n) is 6.75. The van der Waals surface area contributed by atoms with Crippen molar-refractivity contribution in [1.82, 2.24) is 9.78 Å². The molecular weight excluding hydrogens is 228 g/mol. The number of rotatable bonds is 4. The van der Waals surface area contributed by atoms with Gasteiger partial charge in [-0.15, -0.1) is 0 Å². The van der Waals surface area contributed by atoms with Crippen molar-refractivity contribution in [2.24, 2.45) is 18.7 Å². The Hall–Kier alpha value is -1.07. The minimum absolute atomic E-state index is 0.284. The molecule has 0 spiro atoms. The summed E-state index contributed by atoms with van der Waals surface area (Å²) in [5.41, 5.74) is 8.03. The van der Waals surface area contributed by atoms with Crippen LogP contribution in [0, 0.1) is 12.8 Å². The number of aliphatic hydroxyl groups is 1. The van der Waals surface area contributed by atoms with Gasteiger partial charge in [0, 0.05) is 38.9 Å². The normalized spacial score (nSPS) is 20.4. The van der Waals surface area contributed by atoms with Gasteiger partial charge in [-0.1, -0.05) is 0 Å². The lowest BCUT2D eigenvalue weighted by molar-refractivity contribution is 0.244. The van der Waals surface area contributed by atoms with Gasteiger partial charge in [0.25, 0.3) is 0 Å². The summed E-state index contributed by atoms with van der Waals surface area (Å²) in [7, 11) is 1.98. The molecule has 1 aromatic rings. The molecule has 0 bridgehead atoms. The van der Waals surface area contributed by atoms with Crippen LogP contribution in [0.25, 0.3) is 0 Å². The number of hydrogen-bond acceptors (Lipinski definition) is 4. The van der Waals surface area contributed by atoms with E-state index in [4.69, 9.17) is 10.8 Å². The van der Waals surface area contributed by atoms with Crippen LogP contribution in [0.15, 0.2) is 0 Å². The standard InChI is InChI=1S/C13H24N4O/c1-10-12(8-14)13(16(2)15-10)17-6-3-4-11(9-17)5-7-18/h11,18H,3-9,14H2,1-2H3. The quantitative estimate of drug-likeness (QED) is 0.831. The van der Waals surface area contributed by atoms with Crippen molar-refractivity contribution in [3.05, 3.63) is 11.3 Å². The molecule has 2 rings (SSSR count). The van der Waals surface area contributed by atoms with Crippen LogP contribution in [-0.4, -0.2) is 34.6 Å². The van der Waals surface area contributed by atoms with E-state index in [1.165, 1.54) is 12.8 Å². The molecule has 2 heterocycles. The number of nitrogens with zero attached hydrogens (tertiary/aromatic N) is 3. The first-order valence-corrected chi connectivity index (χ1v) is 6.75. The highest BCUT2D eigenvalue weighted by Crippen LogP contribution is 2.28. The molecule has 1 atom stereocenters. The Bertz CT molecular complexity index is 400. The third-order valence-electron chi connectivity index (χ3n) is 3.87. The number of anilines is 1. The lowest BCUT2D eigenvalue weighted by atomic mass is 9.95. The van der Waals surface area contributed by atoms with Crippen LogP contribution in [-0.2, 0) is 13.6 Å². The Labute approximate surface area is 109 Å². The van der Waals surface area contributed by atoms with Gasteiger partial charge in [0.15, 0.2) is 0 Å². The zero-order valence-electron chi connectivity index (χ0n) is 11.4. The van der Waals surface area contributed by atoms with E-state index >= 15 is 0 Å². The molecule has 5 nitrogen and oxygen atoms in total. The van der Waals surface area contributed by atoms with Crippen LogP contribution in [0.1, 0.15) is 30.5 Å². The molecule has 3 N–H and O–H groups in total. The van der Waals surface area contributed by atoms with Gasteiger partial charge in [-0.3, -0.25) is 4.68 Å². The van der Waals surface area contributed by atoms with Gasteiger partial charge in [0.05, 0.1) is 5.69 Å².